The van der Waals surface area contributed by atoms with Crippen LogP contribution in [-0.2, 0) is 4.74 Å². The SMILES string of the molecule is CC1(CNc2cncc(F)c2)COC1. The Bertz CT molecular complexity index is 326. The molecule has 0 aromatic carbocycles. The number of aromatic nitrogens is 1. The molecule has 2 heterocycles. The Labute approximate surface area is 82.3 Å². The number of ether oxygens (including phenoxy) is 1. The molecule has 1 aromatic heterocycles. The van der Waals surface area contributed by atoms with E-state index in [1.54, 1.807) is 6.20 Å². The highest BCUT2D eigenvalue weighted by Gasteiger charge is 2.32. The molecule has 0 radical (unpaired) electrons. The minimum atomic E-state index is -0.315. The fourth-order valence-electron chi connectivity index (χ4n) is 1.38. The Morgan fingerprint density at radius 2 is 2.36 bits per heavy atom. The minimum absolute atomic E-state index is 0.187. The molecule has 1 aliphatic rings. The molecule has 4 heteroatoms. The third-order valence-electron chi connectivity index (χ3n) is 2.33. The van der Waals surface area contributed by atoms with Crippen LogP contribution in [0, 0.1) is 11.2 Å². The van der Waals surface area contributed by atoms with Gasteiger partial charge in [-0.2, -0.15) is 0 Å². The molecular weight excluding hydrogens is 183 g/mol. The molecule has 0 spiro atoms. The van der Waals surface area contributed by atoms with Crippen molar-refractivity contribution >= 4 is 5.69 Å². The molecule has 0 unspecified atom stereocenters. The van der Waals surface area contributed by atoms with Crippen molar-refractivity contribution in [2.45, 2.75) is 6.92 Å². The molecule has 1 aromatic rings. The number of rotatable bonds is 3. The fourth-order valence-corrected chi connectivity index (χ4v) is 1.38. The minimum Gasteiger partial charge on any atom is -0.383 e. The molecule has 1 aliphatic heterocycles. The van der Waals surface area contributed by atoms with E-state index in [4.69, 9.17) is 4.74 Å². The smallest absolute Gasteiger partial charge is 0.143 e. The van der Waals surface area contributed by atoms with Gasteiger partial charge in [0.1, 0.15) is 5.82 Å². The molecular formula is C10H13FN2O. The number of anilines is 1. The van der Waals surface area contributed by atoms with Crippen molar-refractivity contribution in [3.05, 3.63) is 24.3 Å². The fraction of sp³-hybridized carbons (Fsp3) is 0.500. The van der Waals surface area contributed by atoms with Crippen molar-refractivity contribution in [1.29, 1.82) is 0 Å². The molecule has 0 aliphatic carbocycles. The van der Waals surface area contributed by atoms with Crippen molar-refractivity contribution in [3.8, 4) is 0 Å². The number of nitrogens with one attached hydrogen (secondary N) is 1. The van der Waals surface area contributed by atoms with E-state index in [2.05, 4.69) is 17.2 Å². The zero-order chi connectivity index (χ0) is 10.0. The van der Waals surface area contributed by atoms with Crippen LogP contribution in [0.15, 0.2) is 18.5 Å². The van der Waals surface area contributed by atoms with Gasteiger partial charge >= 0.3 is 0 Å². The zero-order valence-corrected chi connectivity index (χ0v) is 8.09. The van der Waals surface area contributed by atoms with Crippen molar-refractivity contribution in [2.24, 2.45) is 5.41 Å². The van der Waals surface area contributed by atoms with E-state index in [0.717, 1.165) is 25.4 Å². The Hall–Kier alpha value is -1.16. The van der Waals surface area contributed by atoms with Crippen LogP contribution in [0.5, 0.6) is 0 Å². The van der Waals surface area contributed by atoms with Crippen LogP contribution in [-0.4, -0.2) is 24.7 Å². The molecule has 0 bridgehead atoms. The summed E-state index contributed by atoms with van der Waals surface area (Å²) >= 11 is 0. The standard InChI is InChI=1S/C10H13FN2O/c1-10(6-14-7-10)5-13-9-2-8(11)3-12-4-9/h2-4,13H,5-7H2,1H3. The van der Waals surface area contributed by atoms with Crippen LogP contribution >= 0.6 is 0 Å². The Balaban J connectivity index is 1.91. The number of halogens is 1. The van der Waals surface area contributed by atoms with Gasteiger partial charge in [-0.05, 0) is 0 Å². The second-order valence-corrected chi connectivity index (χ2v) is 4.05. The predicted molar refractivity (Wildman–Crippen MR) is 51.6 cm³/mol. The van der Waals surface area contributed by atoms with Gasteiger partial charge in [0.2, 0.25) is 0 Å². The first-order valence-corrected chi connectivity index (χ1v) is 4.60. The highest BCUT2D eigenvalue weighted by atomic mass is 19.1. The monoisotopic (exact) mass is 196 g/mol. The summed E-state index contributed by atoms with van der Waals surface area (Å²) in [5.41, 5.74) is 0.907. The molecule has 3 nitrogen and oxygen atoms in total. The van der Waals surface area contributed by atoms with Crippen LogP contribution < -0.4 is 5.32 Å². The van der Waals surface area contributed by atoms with Crippen LogP contribution in [0.25, 0.3) is 0 Å². The van der Waals surface area contributed by atoms with E-state index in [1.165, 1.54) is 12.3 Å². The van der Waals surface area contributed by atoms with E-state index in [9.17, 15) is 4.39 Å². The lowest BCUT2D eigenvalue weighted by atomic mass is 9.89. The lowest BCUT2D eigenvalue weighted by Gasteiger charge is -2.38. The molecule has 2 rings (SSSR count). The number of hydrogen-bond donors (Lipinski definition) is 1. The van der Waals surface area contributed by atoms with Crippen molar-refractivity contribution in [2.75, 3.05) is 25.1 Å². The van der Waals surface area contributed by atoms with Gasteiger partial charge in [0.15, 0.2) is 0 Å². The summed E-state index contributed by atoms with van der Waals surface area (Å²) in [6.07, 6.45) is 2.81. The van der Waals surface area contributed by atoms with Gasteiger partial charge in [0.05, 0.1) is 31.3 Å². The number of hydrogen-bond acceptors (Lipinski definition) is 3. The summed E-state index contributed by atoms with van der Waals surface area (Å²) in [5, 5.41) is 3.15. The normalized spacial score (nSPS) is 18.7. The summed E-state index contributed by atoms with van der Waals surface area (Å²) in [6.45, 7) is 4.46. The van der Waals surface area contributed by atoms with E-state index in [1.807, 2.05) is 0 Å². The maximum Gasteiger partial charge on any atom is 0.143 e. The van der Waals surface area contributed by atoms with E-state index >= 15 is 0 Å². The lowest BCUT2D eigenvalue weighted by molar-refractivity contribution is -0.0924. The number of pyridine rings is 1. The zero-order valence-electron chi connectivity index (χ0n) is 8.09. The van der Waals surface area contributed by atoms with Crippen LogP contribution in [0.3, 0.4) is 0 Å². The first-order chi connectivity index (χ1) is 6.68. The highest BCUT2D eigenvalue weighted by Crippen LogP contribution is 2.26. The van der Waals surface area contributed by atoms with Crippen molar-refractivity contribution < 1.29 is 9.13 Å². The Morgan fingerprint density at radius 3 is 2.93 bits per heavy atom. The lowest BCUT2D eigenvalue weighted by Crippen LogP contribution is -2.45. The first kappa shape index (κ1) is 9.40. The van der Waals surface area contributed by atoms with Crippen molar-refractivity contribution in [3.63, 3.8) is 0 Å². The summed E-state index contributed by atoms with van der Waals surface area (Å²) < 4.78 is 17.9. The maximum atomic E-state index is 12.8. The third kappa shape index (κ3) is 2.01. The Kier molecular flexibility index (Phi) is 2.37. The van der Waals surface area contributed by atoms with Gasteiger partial charge in [-0.3, -0.25) is 4.98 Å². The van der Waals surface area contributed by atoms with Gasteiger partial charge in [0, 0.05) is 18.0 Å². The average molecular weight is 196 g/mol. The van der Waals surface area contributed by atoms with Crippen molar-refractivity contribution in [1.82, 2.24) is 4.98 Å². The van der Waals surface area contributed by atoms with Crippen LogP contribution in [0.2, 0.25) is 0 Å². The summed E-state index contributed by atoms with van der Waals surface area (Å²) in [4.78, 5) is 3.76. The topological polar surface area (TPSA) is 34.2 Å². The van der Waals surface area contributed by atoms with Gasteiger partial charge < -0.3 is 10.1 Å². The summed E-state index contributed by atoms with van der Waals surface area (Å²) in [7, 11) is 0. The van der Waals surface area contributed by atoms with E-state index < -0.39 is 0 Å². The molecule has 1 fully saturated rings. The van der Waals surface area contributed by atoms with Gasteiger partial charge in [0.25, 0.3) is 0 Å². The molecule has 14 heavy (non-hydrogen) atoms. The summed E-state index contributed by atoms with van der Waals surface area (Å²) in [6, 6.07) is 1.44. The molecule has 1 N–H and O–H groups in total. The largest absolute Gasteiger partial charge is 0.383 e. The maximum absolute atomic E-state index is 12.8. The number of nitrogens with zero attached hydrogens (tertiary/aromatic N) is 1. The summed E-state index contributed by atoms with van der Waals surface area (Å²) in [5.74, 6) is -0.315. The van der Waals surface area contributed by atoms with Gasteiger partial charge in [-0.15, -0.1) is 0 Å². The molecule has 0 amide bonds. The second-order valence-electron chi connectivity index (χ2n) is 4.05. The quantitative estimate of drug-likeness (QED) is 0.798. The first-order valence-electron chi connectivity index (χ1n) is 4.60. The Morgan fingerprint density at radius 1 is 1.57 bits per heavy atom. The van der Waals surface area contributed by atoms with Crippen LogP contribution in [0.1, 0.15) is 6.92 Å². The molecule has 0 atom stereocenters. The molecule has 76 valence electrons. The van der Waals surface area contributed by atoms with Crippen LogP contribution in [0.4, 0.5) is 10.1 Å². The predicted octanol–water partition coefficient (Wildman–Crippen LogP) is 1.67. The average Bonchev–Trinajstić information content (AvgIpc) is 2.12. The molecule has 1 saturated heterocycles. The van der Waals surface area contributed by atoms with E-state index in [-0.39, 0.29) is 11.2 Å². The second kappa shape index (κ2) is 3.53. The van der Waals surface area contributed by atoms with Gasteiger partial charge in [-0.1, -0.05) is 6.92 Å². The van der Waals surface area contributed by atoms with E-state index in [0.29, 0.717) is 0 Å². The van der Waals surface area contributed by atoms with Gasteiger partial charge in [-0.25, -0.2) is 4.39 Å². The third-order valence-corrected chi connectivity index (χ3v) is 2.33. The molecule has 0 saturated carbocycles. The highest BCUT2D eigenvalue weighted by molar-refractivity contribution is 5.40.